The second-order valence-electron chi connectivity index (χ2n) is 7.24. The van der Waals surface area contributed by atoms with E-state index in [2.05, 4.69) is 25.7 Å². The van der Waals surface area contributed by atoms with Gasteiger partial charge in [-0.25, -0.2) is 0 Å². The topological polar surface area (TPSA) is 85.2 Å². The standard InChI is InChI=1S/C19H25F3N6O2/c1-30-12-2-9-23-18(29)14-7-10-27(11-8-14)13-17-24-25-26-28(17)16-5-3-15(4-6-16)19(20,21)22/h3-6,14H,2,7-13H2,1H3,(H,23,29). The Morgan fingerprint density at radius 1 is 1.23 bits per heavy atom. The first kappa shape index (κ1) is 22.2. The lowest BCUT2D eigenvalue weighted by Crippen LogP contribution is -2.40. The molecule has 1 fully saturated rings. The largest absolute Gasteiger partial charge is 0.416 e. The van der Waals surface area contributed by atoms with Crippen LogP contribution in [0.15, 0.2) is 24.3 Å². The Balaban J connectivity index is 1.53. The molecule has 3 rings (SSSR count). The maximum Gasteiger partial charge on any atom is 0.416 e. The van der Waals surface area contributed by atoms with Gasteiger partial charge in [-0.2, -0.15) is 17.9 Å². The highest BCUT2D eigenvalue weighted by Crippen LogP contribution is 2.29. The summed E-state index contributed by atoms with van der Waals surface area (Å²) in [5, 5.41) is 14.5. The molecule has 1 aromatic carbocycles. The summed E-state index contributed by atoms with van der Waals surface area (Å²) in [5.41, 5.74) is -0.253. The summed E-state index contributed by atoms with van der Waals surface area (Å²) < 4.78 is 44.7. The van der Waals surface area contributed by atoms with Crippen molar-refractivity contribution < 1.29 is 22.7 Å². The van der Waals surface area contributed by atoms with Crippen LogP contribution in [0.25, 0.3) is 5.69 Å². The van der Waals surface area contributed by atoms with E-state index in [4.69, 9.17) is 4.74 Å². The molecule has 2 aromatic rings. The lowest BCUT2D eigenvalue weighted by atomic mass is 9.96. The summed E-state index contributed by atoms with van der Waals surface area (Å²) in [4.78, 5) is 14.4. The smallest absolute Gasteiger partial charge is 0.385 e. The number of piperidine rings is 1. The number of aromatic nitrogens is 4. The third-order valence-electron chi connectivity index (χ3n) is 5.12. The number of benzene rings is 1. The zero-order valence-corrected chi connectivity index (χ0v) is 16.7. The molecule has 8 nitrogen and oxygen atoms in total. The number of amides is 1. The number of carbonyl (C=O) groups excluding carboxylic acids is 1. The zero-order valence-electron chi connectivity index (χ0n) is 16.7. The first-order chi connectivity index (χ1) is 14.4. The van der Waals surface area contributed by atoms with Crippen molar-refractivity contribution in [1.29, 1.82) is 0 Å². The van der Waals surface area contributed by atoms with Crippen LogP contribution < -0.4 is 5.32 Å². The van der Waals surface area contributed by atoms with E-state index in [-0.39, 0.29) is 11.8 Å². The van der Waals surface area contributed by atoms with E-state index in [9.17, 15) is 18.0 Å². The van der Waals surface area contributed by atoms with Crippen LogP contribution in [0.4, 0.5) is 13.2 Å². The van der Waals surface area contributed by atoms with Crippen LogP contribution in [0.5, 0.6) is 0 Å². The molecule has 1 aliphatic rings. The number of ether oxygens (including phenoxy) is 1. The Kier molecular flexibility index (Phi) is 7.38. The molecule has 1 aromatic heterocycles. The van der Waals surface area contributed by atoms with Gasteiger partial charge in [-0.05, 0) is 67.0 Å². The van der Waals surface area contributed by atoms with Gasteiger partial charge in [0.2, 0.25) is 5.91 Å². The molecule has 0 bridgehead atoms. The number of nitrogens with one attached hydrogen (secondary N) is 1. The van der Waals surface area contributed by atoms with Crippen molar-refractivity contribution in [3.8, 4) is 5.69 Å². The molecule has 0 unspecified atom stereocenters. The van der Waals surface area contributed by atoms with Gasteiger partial charge in [-0.3, -0.25) is 9.69 Å². The third kappa shape index (κ3) is 5.76. The van der Waals surface area contributed by atoms with Crippen LogP contribution in [-0.2, 0) is 22.3 Å². The van der Waals surface area contributed by atoms with Crippen molar-refractivity contribution in [3.63, 3.8) is 0 Å². The number of hydrogen-bond donors (Lipinski definition) is 1. The molecule has 1 saturated heterocycles. The summed E-state index contributed by atoms with van der Waals surface area (Å²) in [7, 11) is 1.63. The molecule has 0 aliphatic carbocycles. The summed E-state index contributed by atoms with van der Waals surface area (Å²) in [6, 6.07) is 4.72. The van der Waals surface area contributed by atoms with E-state index in [0.29, 0.717) is 31.2 Å². The van der Waals surface area contributed by atoms with Crippen LogP contribution >= 0.6 is 0 Å². The highest BCUT2D eigenvalue weighted by Gasteiger charge is 2.30. The van der Waals surface area contributed by atoms with E-state index in [0.717, 1.165) is 44.5 Å². The van der Waals surface area contributed by atoms with Crippen LogP contribution in [0.1, 0.15) is 30.7 Å². The molecule has 164 valence electrons. The van der Waals surface area contributed by atoms with Gasteiger partial charge in [0.05, 0.1) is 17.8 Å². The van der Waals surface area contributed by atoms with Crippen molar-refractivity contribution >= 4 is 5.91 Å². The average molecular weight is 426 g/mol. The summed E-state index contributed by atoms with van der Waals surface area (Å²) in [6.45, 7) is 3.11. The third-order valence-corrected chi connectivity index (χ3v) is 5.12. The molecule has 0 radical (unpaired) electrons. The molecule has 0 atom stereocenters. The van der Waals surface area contributed by atoms with Crippen molar-refractivity contribution in [3.05, 3.63) is 35.7 Å². The molecule has 30 heavy (non-hydrogen) atoms. The van der Waals surface area contributed by atoms with Crippen LogP contribution in [-0.4, -0.2) is 64.4 Å². The molecule has 1 N–H and O–H groups in total. The maximum atomic E-state index is 12.8. The van der Waals surface area contributed by atoms with E-state index in [1.54, 1.807) is 7.11 Å². The molecule has 0 saturated carbocycles. The van der Waals surface area contributed by atoms with E-state index >= 15 is 0 Å². The number of likely N-dealkylation sites (tertiary alicyclic amines) is 1. The van der Waals surface area contributed by atoms with Gasteiger partial charge in [0.25, 0.3) is 0 Å². The van der Waals surface area contributed by atoms with Crippen LogP contribution in [0, 0.1) is 5.92 Å². The number of nitrogens with zero attached hydrogens (tertiary/aromatic N) is 5. The van der Waals surface area contributed by atoms with E-state index in [1.807, 2.05) is 0 Å². The second kappa shape index (κ2) is 9.98. The fourth-order valence-electron chi connectivity index (χ4n) is 3.42. The zero-order chi connectivity index (χ0) is 21.6. The molecule has 0 spiro atoms. The minimum absolute atomic E-state index is 0.0188. The van der Waals surface area contributed by atoms with E-state index in [1.165, 1.54) is 16.8 Å². The fourth-order valence-corrected chi connectivity index (χ4v) is 3.42. The first-order valence-electron chi connectivity index (χ1n) is 9.82. The number of halogens is 3. The summed E-state index contributed by atoms with van der Waals surface area (Å²) in [5.74, 6) is 0.590. The van der Waals surface area contributed by atoms with Gasteiger partial charge in [-0.1, -0.05) is 0 Å². The number of methoxy groups -OCH3 is 1. The quantitative estimate of drug-likeness (QED) is 0.651. The number of carbonyl (C=O) groups is 1. The Morgan fingerprint density at radius 3 is 2.57 bits per heavy atom. The van der Waals surface area contributed by atoms with Crippen LogP contribution in [0.2, 0.25) is 0 Å². The van der Waals surface area contributed by atoms with Crippen molar-refractivity contribution in [2.24, 2.45) is 5.92 Å². The minimum Gasteiger partial charge on any atom is -0.385 e. The van der Waals surface area contributed by atoms with Gasteiger partial charge in [-0.15, -0.1) is 5.10 Å². The fraction of sp³-hybridized carbons (Fsp3) is 0.579. The van der Waals surface area contributed by atoms with Gasteiger partial charge in [0.1, 0.15) is 0 Å². The normalized spacial score (nSPS) is 16.0. The van der Waals surface area contributed by atoms with Crippen molar-refractivity contribution in [2.75, 3.05) is 33.4 Å². The Morgan fingerprint density at radius 2 is 1.93 bits per heavy atom. The van der Waals surface area contributed by atoms with Gasteiger partial charge >= 0.3 is 6.18 Å². The lowest BCUT2D eigenvalue weighted by Gasteiger charge is -2.30. The first-order valence-corrected chi connectivity index (χ1v) is 9.82. The molecular weight excluding hydrogens is 401 g/mol. The highest BCUT2D eigenvalue weighted by molar-refractivity contribution is 5.78. The Hall–Kier alpha value is -2.53. The monoisotopic (exact) mass is 426 g/mol. The van der Waals surface area contributed by atoms with Crippen LogP contribution in [0.3, 0.4) is 0 Å². The lowest BCUT2D eigenvalue weighted by molar-refractivity contribution is -0.137. The van der Waals surface area contributed by atoms with Gasteiger partial charge in [0, 0.05) is 26.2 Å². The number of tetrazole rings is 1. The Labute approximate surface area is 172 Å². The molecule has 11 heteroatoms. The van der Waals surface area contributed by atoms with Crippen molar-refractivity contribution in [1.82, 2.24) is 30.4 Å². The molecule has 1 aliphatic heterocycles. The number of alkyl halides is 3. The summed E-state index contributed by atoms with van der Waals surface area (Å²) in [6.07, 6.45) is -2.13. The SMILES string of the molecule is COCCCNC(=O)C1CCN(Cc2nnnn2-c2ccc(C(F)(F)F)cc2)CC1. The van der Waals surface area contributed by atoms with E-state index < -0.39 is 11.7 Å². The highest BCUT2D eigenvalue weighted by atomic mass is 19.4. The predicted octanol–water partition coefficient (Wildman–Crippen LogP) is 2.05. The maximum absolute atomic E-state index is 12.8. The van der Waals surface area contributed by atoms with Gasteiger partial charge < -0.3 is 10.1 Å². The number of rotatable bonds is 8. The van der Waals surface area contributed by atoms with Crippen molar-refractivity contribution in [2.45, 2.75) is 32.0 Å². The number of hydrogen-bond acceptors (Lipinski definition) is 6. The average Bonchev–Trinajstić information content (AvgIpc) is 3.19. The molecular formula is C19H25F3N6O2. The Bertz CT molecular complexity index is 816. The minimum atomic E-state index is -4.39. The second-order valence-corrected chi connectivity index (χ2v) is 7.24. The predicted molar refractivity (Wildman–Crippen MR) is 102 cm³/mol. The molecule has 1 amide bonds. The molecule has 2 heterocycles. The summed E-state index contributed by atoms with van der Waals surface area (Å²) >= 11 is 0. The van der Waals surface area contributed by atoms with Gasteiger partial charge in [0.15, 0.2) is 5.82 Å².